The third-order valence-corrected chi connectivity index (χ3v) is 6.80. The van der Waals surface area contributed by atoms with E-state index < -0.39 is 0 Å². The Bertz CT molecular complexity index is 1440. The van der Waals surface area contributed by atoms with Gasteiger partial charge < -0.3 is 9.88 Å². The molecule has 1 aliphatic rings. The molecule has 0 radical (unpaired) electrons. The van der Waals surface area contributed by atoms with Gasteiger partial charge in [0.15, 0.2) is 5.17 Å². The van der Waals surface area contributed by atoms with Crippen LogP contribution in [0.1, 0.15) is 16.7 Å². The van der Waals surface area contributed by atoms with E-state index in [0.29, 0.717) is 21.6 Å². The highest BCUT2D eigenvalue weighted by atomic mass is 35.5. The quantitative estimate of drug-likeness (QED) is 0.307. The van der Waals surface area contributed by atoms with E-state index in [1.807, 2.05) is 61.5 Å². The molecule has 0 unspecified atom stereocenters. The second-order valence-electron chi connectivity index (χ2n) is 7.77. The Hall–Kier alpha value is -2.99. The predicted molar refractivity (Wildman–Crippen MR) is 139 cm³/mol. The third-order valence-electron chi connectivity index (χ3n) is 5.40. The monoisotopic (exact) mass is 491 g/mol. The number of carbonyl (C=O) groups excluding carboxylic acids is 1. The topological polar surface area (TPSA) is 46.4 Å². The normalized spacial score (nSPS) is 16.2. The van der Waals surface area contributed by atoms with Gasteiger partial charge in [0.25, 0.3) is 5.91 Å². The zero-order valence-electron chi connectivity index (χ0n) is 17.7. The van der Waals surface area contributed by atoms with E-state index in [1.54, 1.807) is 6.07 Å². The molecule has 1 saturated heterocycles. The van der Waals surface area contributed by atoms with Gasteiger partial charge in [-0.25, -0.2) is 4.99 Å². The van der Waals surface area contributed by atoms with Crippen LogP contribution in [0.25, 0.3) is 17.0 Å². The SMILES string of the molecule is Cc1cc(Cl)ccc1N=C1NC(=O)/C(=C/c2cn(Cc3ccc(Cl)cc3)c3ccccc23)S1. The summed E-state index contributed by atoms with van der Waals surface area (Å²) in [6.07, 6.45) is 4.01. The fourth-order valence-corrected chi connectivity index (χ4v) is 4.96. The highest BCUT2D eigenvalue weighted by Crippen LogP contribution is 2.32. The number of carbonyl (C=O) groups is 1. The summed E-state index contributed by atoms with van der Waals surface area (Å²) in [6, 6.07) is 21.5. The average molecular weight is 492 g/mol. The molecule has 0 bridgehead atoms. The van der Waals surface area contributed by atoms with E-state index in [1.165, 1.54) is 11.8 Å². The van der Waals surface area contributed by atoms with Crippen molar-refractivity contribution in [2.45, 2.75) is 13.5 Å². The summed E-state index contributed by atoms with van der Waals surface area (Å²) >= 11 is 13.4. The number of rotatable bonds is 4. The van der Waals surface area contributed by atoms with Crippen LogP contribution in [-0.2, 0) is 11.3 Å². The molecule has 0 aliphatic carbocycles. The van der Waals surface area contributed by atoms with Crippen molar-refractivity contribution in [1.82, 2.24) is 9.88 Å². The molecular formula is C26H19Cl2N3OS. The molecule has 5 rings (SSSR count). The first-order valence-electron chi connectivity index (χ1n) is 10.3. The van der Waals surface area contributed by atoms with Crippen LogP contribution < -0.4 is 5.32 Å². The third kappa shape index (κ3) is 4.71. The number of aromatic nitrogens is 1. The van der Waals surface area contributed by atoms with Crippen LogP contribution in [0, 0.1) is 6.92 Å². The molecule has 1 aromatic heterocycles. The zero-order valence-corrected chi connectivity index (χ0v) is 20.0. The Labute approximate surface area is 205 Å². The Morgan fingerprint density at radius 2 is 1.79 bits per heavy atom. The van der Waals surface area contributed by atoms with Crippen LogP contribution in [0.5, 0.6) is 0 Å². The molecular weight excluding hydrogens is 473 g/mol. The molecule has 7 heteroatoms. The van der Waals surface area contributed by atoms with Crippen LogP contribution in [0.4, 0.5) is 5.69 Å². The van der Waals surface area contributed by atoms with E-state index >= 15 is 0 Å². The molecule has 1 aliphatic heterocycles. The van der Waals surface area contributed by atoms with Gasteiger partial charge in [-0.2, -0.15) is 0 Å². The van der Waals surface area contributed by atoms with Gasteiger partial charge in [-0.3, -0.25) is 4.79 Å². The fourth-order valence-electron chi connectivity index (χ4n) is 3.78. The van der Waals surface area contributed by atoms with Crippen molar-refractivity contribution in [1.29, 1.82) is 0 Å². The van der Waals surface area contributed by atoms with Gasteiger partial charge in [-0.05, 0) is 72.3 Å². The van der Waals surface area contributed by atoms with Crippen molar-refractivity contribution >= 4 is 68.7 Å². The minimum atomic E-state index is -0.153. The Morgan fingerprint density at radius 1 is 1.03 bits per heavy atom. The van der Waals surface area contributed by atoms with Gasteiger partial charge in [-0.15, -0.1) is 0 Å². The predicted octanol–water partition coefficient (Wildman–Crippen LogP) is 7.20. The summed E-state index contributed by atoms with van der Waals surface area (Å²) in [5.74, 6) is -0.153. The number of nitrogens with one attached hydrogen (secondary N) is 1. The average Bonchev–Trinajstić information content (AvgIpc) is 3.32. The Balaban J connectivity index is 1.47. The number of fused-ring (bicyclic) bond motifs is 1. The number of thioether (sulfide) groups is 1. The first-order valence-corrected chi connectivity index (χ1v) is 11.9. The minimum Gasteiger partial charge on any atom is -0.342 e. The zero-order chi connectivity index (χ0) is 22.9. The number of hydrogen-bond acceptors (Lipinski definition) is 3. The van der Waals surface area contributed by atoms with Crippen LogP contribution >= 0.6 is 35.0 Å². The molecule has 1 fully saturated rings. The van der Waals surface area contributed by atoms with Gasteiger partial charge in [-0.1, -0.05) is 53.5 Å². The number of hydrogen-bond donors (Lipinski definition) is 1. The van der Waals surface area contributed by atoms with Gasteiger partial charge >= 0.3 is 0 Å². The lowest BCUT2D eigenvalue weighted by Gasteiger charge is -2.05. The Morgan fingerprint density at radius 3 is 2.58 bits per heavy atom. The Kier molecular flexibility index (Phi) is 6.02. The second-order valence-corrected chi connectivity index (χ2v) is 9.67. The molecule has 3 aromatic carbocycles. The molecule has 4 nitrogen and oxygen atoms in total. The lowest BCUT2D eigenvalue weighted by molar-refractivity contribution is -0.115. The second kappa shape index (κ2) is 9.10. The van der Waals surface area contributed by atoms with Gasteiger partial charge in [0.2, 0.25) is 0 Å². The number of para-hydroxylation sites is 1. The lowest BCUT2D eigenvalue weighted by atomic mass is 10.1. The van der Waals surface area contributed by atoms with E-state index in [4.69, 9.17) is 23.2 Å². The molecule has 4 aromatic rings. The van der Waals surface area contributed by atoms with Gasteiger partial charge in [0.1, 0.15) is 0 Å². The van der Waals surface area contributed by atoms with E-state index in [-0.39, 0.29) is 5.91 Å². The maximum absolute atomic E-state index is 12.7. The number of halogens is 2. The summed E-state index contributed by atoms with van der Waals surface area (Å²) in [4.78, 5) is 17.9. The number of benzene rings is 3. The highest BCUT2D eigenvalue weighted by Gasteiger charge is 2.24. The smallest absolute Gasteiger partial charge is 0.264 e. The molecule has 1 amide bonds. The van der Waals surface area contributed by atoms with Crippen LogP contribution in [0.3, 0.4) is 0 Å². The number of aliphatic imine (C=N–C) groups is 1. The summed E-state index contributed by atoms with van der Waals surface area (Å²) in [5, 5.41) is 5.90. The summed E-state index contributed by atoms with van der Waals surface area (Å²) in [7, 11) is 0. The van der Waals surface area contributed by atoms with Crippen molar-refractivity contribution in [2.75, 3.05) is 0 Å². The number of amides is 1. The van der Waals surface area contributed by atoms with Crippen LogP contribution in [0.2, 0.25) is 10.0 Å². The first kappa shape index (κ1) is 21.8. The van der Waals surface area contributed by atoms with E-state index in [0.717, 1.165) is 38.3 Å². The number of aryl methyl sites for hydroxylation is 1. The van der Waals surface area contributed by atoms with Crippen molar-refractivity contribution < 1.29 is 4.79 Å². The lowest BCUT2D eigenvalue weighted by Crippen LogP contribution is -2.19. The van der Waals surface area contributed by atoms with Crippen LogP contribution in [0.15, 0.2) is 82.8 Å². The minimum absolute atomic E-state index is 0.153. The van der Waals surface area contributed by atoms with Gasteiger partial charge in [0.05, 0.1) is 10.6 Å². The fraction of sp³-hybridized carbons (Fsp3) is 0.0769. The van der Waals surface area contributed by atoms with Gasteiger partial charge in [0, 0.05) is 39.3 Å². The van der Waals surface area contributed by atoms with E-state index in [9.17, 15) is 4.79 Å². The van der Waals surface area contributed by atoms with E-state index in [2.05, 4.69) is 33.2 Å². The standard InChI is InChI=1S/C26H19Cl2N3OS/c1-16-12-20(28)10-11-22(16)29-26-30-25(32)24(33-26)13-18-15-31(23-5-3-2-4-21(18)23)14-17-6-8-19(27)9-7-17/h2-13,15H,14H2,1H3,(H,29,30,32)/b24-13-. The van der Waals surface area contributed by atoms with Crippen molar-refractivity contribution in [2.24, 2.45) is 4.99 Å². The maximum Gasteiger partial charge on any atom is 0.264 e. The first-order chi connectivity index (χ1) is 16.0. The molecule has 0 spiro atoms. The summed E-state index contributed by atoms with van der Waals surface area (Å²) in [5.41, 5.74) is 4.98. The number of nitrogens with zero attached hydrogens (tertiary/aromatic N) is 2. The summed E-state index contributed by atoms with van der Waals surface area (Å²) < 4.78 is 2.19. The van der Waals surface area contributed by atoms with Crippen molar-refractivity contribution in [3.05, 3.63) is 105 Å². The molecule has 0 atom stereocenters. The molecule has 2 heterocycles. The molecule has 0 saturated carbocycles. The van der Waals surface area contributed by atoms with Crippen LogP contribution in [-0.4, -0.2) is 15.6 Å². The number of amidine groups is 1. The summed E-state index contributed by atoms with van der Waals surface area (Å²) in [6.45, 7) is 2.65. The highest BCUT2D eigenvalue weighted by molar-refractivity contribution is 8.18. The largest absolute Gasteiger partial charge is 0.342 e. The maximum atomic E-state index is 12.7. The molecule has 1 N–H and O–H groups in total. The van der Waals surface area contributed by atoms with Crippen molar-refractivity contribution in [3.63, 3.8) is 0 Å². The molecule has 164 valence electrons. The molecule has 33 heavy (non-hydrogen) atoms. The van der Waals surface area contributed by atoms with Crippen molar-refractivity contribution in [3.8, 4) is 0 Å².